The molecule has 3 rings (SSSR count). The Morgan fingerprint density at radius 3 is 2.34 bits per heavy atom. The van der Waals surface area contributed by atoms with Crippen molar-refractivity contribution in [3.63, 3.8) is 0 Å². The highest BCUT2D eigenvalue weighted by atomic mass is 35.5. The summed E-state index contributed by atoms with van der Waals surface area (Å²) < 4.78 is 11.1. The second-order valence-corrected chi connectivity index (χ2v) is 8.82. The van der Waals surface area contributed by atoms with E-state index in [1.807, 2.05) is 6.92 Å². The molecule has 2 aromatic carbocycles. The first-order chi connectivity index (χ1) is 16.9. The molecule has 1 N–H and O–H groups in total. The Balaban J connectivity index is 2.08. The number of hydrogen-bond donors (Lipinski definition) is 1. The molecule has 188 valence electrons. The van der Waals surface area contributed by atoms with Crippen molar-refractivity contribution in [1.82, 2.24) is 4.90 Å². The van der Waals surface area contributed by atoms with Crippen molar-refractivity contribution in [1.29, 1.82) is 0 Å². The Labute approximate surface area is 211 Å². The molecular formula is C27H33ClN2O5. The number of likely N-dealkylation sites (tertiary alicyclic amines) is 1. The lowest BCUT2D eigenvalue weighted by Crippen LogP contribution is -3.11. The summed E-state index contributed by atoms with van der Waals surface area (Å²) in [5, 5.41) is 14.0. The van der Waals surface area contributed by atoms with Crippen LogP contribution in [0.1, 0.15) is 44.4 Å². The van der Waals surface area contributed by atoms with E-state index in [1.165, 1.54) is 16.9 Å². The highest BCUT2D eigenvalue weighted by Gasteiger charge is 2.44. The second kappa shape index (κ2) is 12.1. The molecule has 1 aliphatic rings. The van der Waals surface area contributed by atoms with Crippen molar-refractivity contribution in [3.05, 3.63) is 64.2 Å². The number of quaternary nitrogens is 1. The van der Waals surface area contributed by atoms with Gasteiger partial charge >= 0.3 is 0 Å². The van der Waals surface area contributed by atoms with E-state index >= 15 is 0 Å². The van der Waals surface area contributed by atoms with Gasteiger partial charge < -0.3 is 24.4 Å². The number of benzene rings is 2. The van der Waals surface area contributed by atoms with Crippen LogP contribution < -0.4 is 19.5 Å². The van der Waals surface area contributed by atoms with Gasteiger partial charge in [-0.3, -0.25) is 9.59 Å². The molecule has 1 aliphatic heterocycles. The largest absolute Gasteiger partial charge is 0.872 e. The number of carbonyl (C=O) groups is 2. The van der Waals surface area contributed by atoms with Gasteiger partial charge in [-0.25, -0.2) is 0 Å². The van der Waals surface area contributed by atoms with E-state index in [0.717, 1.165) is 19.6 Å². The number of ether oxygens (including phenoxy) is 2. The molecule has 7 nitrogen and oxygen atoms in total. The van der Waals surface area contributed by atoms with E-state index in [9.17, 15) is 14.7 Å². The topological polar surface area (TPSA) is 83.3 Å². The minimum Gasteiger partial charge on any atom is -0.872 e. The molecule has 0 spiro atoms. The van der Waals surface area contributed by atoms with Crippen LogP contribution in [-0.4, -0.2) is 56.5 Å². The van der Waals surface area contributed by atoms with E-state index in [2.05, 4.69) is 13.8 Å². The smallest absolute Gasteiger partial charge is 0.295 e. The molecule has 1 fully saturated rings. The van der Waals surface area contributed by atoms with Gasteiger partial charge in [-0.1, -0.05) is 35.6 Å². The third-order valence-electron chi connectivity index (χ3n) is 6.37. The number of carbonyl (C=O) groups excluding carboxylic acids is 2. The number of halogens is 1. The number of rotatable bonds is 11. The molecule has 0 aromatic heterocycles. The third-order valence-corrected chi connectivity index (χ3v) is 6.62. The number of ketones is 1. The van der Waals surface area contributed by atoms with E-state index in [0.29, 0.717) is 47.2 Å². The number of methoxy groups -OCH3 is 1. The first kappa shape index (κ1) is 26.6. The van der Waals surface area contributed by atoms with Crippen LogP contribution in [0.3, 0.4) is 0 Å². The van der Waals surface area contributed by atoms with Gasteiger partial charge in [-0.2, -0.15) is 0 Å². The first-order valence-corrected chi connectivity index (χ1v) is 12.4. The Hall–Kier alpha value is -3.03. The molecule has 1 atom stereocenters. The van der Waals surface area contributed by atoms with Crippen molar-refractivity contribution < 1.29 is 29.1 Å². The van der Waals surface area contributed by atoms with E-state index in [-0.39, 0.29) is 5.57 Å². The average Bonchev–Trinajstić information content (AvgIpc) is 3.12. The summed E-state index contributed by atoms with van der Waals surface area (Å²) in [5.74, 6) is -0.874. The molecule has 1 saturated heterocycles. The molecule has 0 saturated carbocycles. The maximum absolute atomic E-state index is 13.5. The lowest BCUT2D eigenvalue weighted by molar-refractivity contribution is -0.896. The number of Topliss-reactive ketones (excluding diaryl/α,β-unsaturated/α-hetero) is 1. The number of amides is 1. The monoisotopic (exact) mass is 500 g/mol. The van der Waals surface area contributed by atoms with Crippen molar-refractivity contribution in [2.45, 2.75) is 33.2 Å². The summed E-state index contributed by atoms with van der Waals surface area (Å²) in [6.07, 6.45) is 0.711. The summed E-state index contributed by atoms with van der Waals surface area (Å²) >= 11 is 5.98. The van der Waals surface area contributed by atoms with Crippen LogP contribution in [0.25, 0.3) is 5.76 Å². The van der Waals surface area contributed by atoms with Gasteiger partial charge in [0.15, 0.2) is 11.5 Å². The Morgan fingerprint density at radius 2 is 1.74 bits per heavy atom. The van der Waals surface area contributed by atoms with Gasteiger partial charge in [0.05, 0.1) is 39.4 Å². The van der Waals surface area contributed by atoms with Gasteiger partial charge in [0.1, 0.15) is 0 Å². The fourth-order valence-corrected chi connectivity index (χ4v) is 4.56. The predicted octanol–water partition coefficient (Wildman–Crippen LogP) is 2.29. The number of hydrogen-bond acceptors (Lipinski definition) is 5. The van der Waals surface area contributed by atoms with Crippen LogP contribution in [0, 0.1) is 0 Å². The van der Waals surface area contributed by atoms with E-state index < -0.39 is 23.5 Å². The van der Waals surface area contributed by atoms with Crippen LogP contribution in [0.15, 0.2) is 48.0 Å². The third kappa shape index (κ3) is 5.80. The zero-order valence-electron chi connectivity index (χ0n) is 20.7. The van der Waals surface area contributed by atoms with Crippen molar-refractivity contribution >= 4 is 29.1 Å². The SMILES string of the molecule is CCOc1ccc(C2/C(=C(\[O-])c3ccc(Cl)cc3)C(=O)C(=O)N2CCC[NH+](CC)CC)cc1OC. The molecule has 0 radical (unpaired) electrons. The zero-order valence-corrected chi connectivity index (χ0v) is 21.5. The van der Waals surface area contributed by atoms with Gasteiger partial charge in [0.2, 0.25) is 5.78 Å². The normalized spacial score (nSPS) is 17.3. The Bertz CT molecular complexity index is 1080. The molecule has 1 unspecified atom stereocenters. The molecule has 1 heterocycles. The Morgan fingerprint density at radius 1 is 1.06 bits per heavy atom. The zero-order chi connectivity index (χ0) is 25.5. The van der Waals surface area contributed by atoms with Gasteiger partial charge in [0.25, 0.3) is 5.91 Å². The average molecular weight is 501 g/mol. The molecule has 1 amide bonds. The molecule has 0 bridgehead atoms. The molecule has 2 aromatic rings. The van der Waals surface area contributed by atoms with Crippen LogP contribution in [0.4, 0.5) is 0 Å². The van der Waals surface area contributed by atoms with Crippen LogP contribution in [0.2, 0.25) is 5.02 Å². The molecule has 35 heavy (non-hydrogen) atoms. The summed E-state index contributed by atoms with van der Waals surface area (Å²) in [5.41, 5.74) is 0.874. The van der Waals surface area contributed by atoms with Crippen LogP contribution in [0.5, 0.6) is 11.5 Å². The first-order valence-electron chi connectivity index (χ1n) is 12.0. The summed E-state index contributed by atoms with van der Waals surface area (Å²) in [6, 6.07) is 10.8. The van der Waals surface area contributed by atoms with Gasteiger partial charge in [-0.15, -0.1) is 0 Å². The minimum atomic E-state index is -0.811. The number of nitrogens with zero attached hydrogens (tertiary/aromatic N) is 1. The summed E-state index contributed by atoms with van der Waals surface area (Å²) in [4.78, 5) is 29.2. The van der Waals surface area contributed by atoms with Crippen molar-refractivity contribution in [2.24, 2.45) is 0 Å². The lowest BCUT2D eigenvalue weighted by atomic mass is 9.95. The quantitative estimate of drug-likeness (QED) is 0.291. The summed E-state index contributed by atoms with van der Waals surface area (Å²) in [6.45, 7) is 9.77. The number of nitrogens with one attached hydrogen (secondary N) is 1. The van der Waals surface area contributed by atoms with Crippen molar-refractivity contribution in [2.75, 3.05) is 39.9 Å². The standard InChI is InChI=1S/C27H33ClN2O5/c1-5-29(6-2)15-8-16-30-24(19-11-14-21(35-7-3)22(17-19)34-4)23(26(32)27(30)33)25(31)18-9-12-20(28)13-10-18/h9-14,17,24,31H,5-8,15-16H2,1-4H3/b25-23+. The lowest BCUT2D eigenvalue weighted by Gasteiger charge is -2.28. The fourth-order valence-electron chi connectivity index (χ4n) is 4.44. The van der Waals surface area contributed by atoms with Gasteiger partial charge in [-0.05, 0) is 56.2 Å². The van der Waals surface area contributed by atoms with Crippen LogP contribution in [-0.2, 0) is 9.59 Å². The van der Waals surface area contributed by atoms with E-state index in [1.54, 1.807) is 42.5 Å². The Kier molecular flexibility index (Phi) is 9.18. The second-order valence-electron chi connectivity index (χ2n) is 8.38. The molecule has 0 aliphatic carbocycles. The molecular weight excluding hydrogens is 468 g/mol. The highest BCUT2D eigenvalue weighted by Crippen LogP contribution is 2.41. The maximum Gasteiger partial charge on any atom is 0.295 e. The fraction of sp³-hybridized carbons (Fsp3) is 0.407. The van der Waals surface area contributed by atoms with Gasteiger partial charge in [0, 0.05) is 23.6 Å². The van der Waals surface area contributed by atoms with Crippen LogP contribution >= 0.6 is 11.6 Å². The summed E-state index contributed by atoms with van der Waals surface area (Å²) in [7, 11) is 1.53. The minimum absolute atomic E-state index is 0.0567. The predicted molar refractivity (Wildman–Crippen MR) is 134 cm³/mol. The van der Waals surface area contributed by atoms with E-state index in [4.69, 9.17) is 21.1 Å². The molecule has 8 heteroatoms. The maximum atomic E-state index is 13.5. The van der Waals surface area contributed by atoms with Crippen molar-refractivity contribution in [3.8, 4) is 11.5 Å². The highest BCUT2D eigenvalue weighted by molar-refractivity contribution is 6.46.